The summed E-state index contributed by atoms with van der Waals surface area (Å²) in [6.07, 6.45) is 0. The van der Waals surface area contributed by atoms with E-state index in [-0.39, 0.29) is 11.9 Å². The Morgan fingerprint density at radius 1 is 1.21 bits per heavy atom. The molecule has 0 fully saturated rings. The van der Waals surface area contributed by atoms with Gasteiger partial charge in [-0.05, 0) is 47.4 Å². The summed E-state index contributed by atoms with van der Waals surface area (Å²) in [6.45, 7) is 9.50. The third-order valence-corrected chi connectivity index (χ3v) is 4.43. The molecule has 130 valence electrons. The number of likely N-dealkylation sites (N-methyl/N-ethyl adjacent to an activating group) is 1. The van der Waals surface area contributed by atoms with Crippen molar-refractivity contribution in [1.29, 1.82) is 0 Å². The standard InChI is InChI=1S/C19H28N4O/c1-7-23-15(4)17(14(3)21-23)12-20-19(24)18(22(5)6)16-10-8-13(2)9-11-16/h8-11,18H,7,12H2,1-6H3,(H,20,24)/t18-/m1/s1. The van der Waals surface area contributed by atoms with E-state index in [0.717, 1.165) is 29.1 Å². The van der Waals surface area contributed by atoms with Crippen LogP contribution < -0.4 is 5.32 Å². The van der Waals surface area contributed by atoms with Gasteiger partial charge in [-0.3, -0.25) is 14.4 Å². The Balaban J connectivity index is 2.14. The van der Waals surface area contributed by atoms with E-state index >= 15 is 0 Å². The first kappa shape index (κ1) is 18.2. The van der Waals surface area contributed by atoms with Crippen LogP contribution in [0, 0.1) is 20.8 Å². The van der Waals surface area contributed by atoms with Crippen LogP contribution >= 0.6 is 0 Å². The van der Waals surface area contributed by atoms with E-state index in [1.807, 2.05) is 68.7 Å². The number of rotatable bonds is 6. The maximum absolute atomic E-state index is 12.8. The molecular weight excluding hydrogens is 300 g/mol. The van der Waals surface area contributed by atoms with Crippen molar-refractivity contribution >= 4 is 5.91 Å². The molecule has 1 aromatic heterocycles. The maximum Gasteiger partial charge on any atom is 0.242 e. The predicted molar refractivity (Wildman–Crippen MR) is 96.8 cm³/mol. The van der Waals surface area contributed by atoms with Gasteiger partial charge in [-0.15, -0.1) is 0 Å². The van der Waals surface area contributed by atoms with Gasteiger partial charge in [0.15, 0.2) is 0 Å². The minimum Gasteiger partial charge on any atom is -0.350 e. The number of benzene rings is 1. The lowest BCUT2D eigenvalue weighted by molar-refractivity contribution is -0.125. The van der Waals surface area contributed by atoms with Crippen molar-refractivity contribution in [3.8, 4) is 0 Å². The number of nitrogens with one attached hydrogen (secondary N) is 1. The number of carbonyl (C=O) groups is 1. The van der Waals surface area contributed by atoms with Gasteiger partial charge in [0, 0.05) is 24.3 Å². The minimum absolute atomic E-state index is 0.00639. The molecule has 0 aliphatic heterocycles. The molecular formula is C19H28N4O. The average Bonchev–Trinajstić information content (AvgIpc) is 2.81. The van der Waals surface area contributed by atoms with Crippen LogP contribution in [0.15, 0.2) is 24.3 Å². The first-order valence-corrected chi connectivity index (χ1v) is 8.38. The van der Waals surface area contributed by atoms with Crippen molar-refractivity contribution in [2.24, 2.45) is 0 Å². The van der Waals surface area contributed by atoms with Gasteiger partial charge in [-0.25, -0.2) is 0 Å². The first-order valence-electron chi connectivity index (χ1n) is 8.38. The lowest BCUT2D eigenvalue weighted by atomic mass is 10.0. The van der Waals surface area contributed by atoms with Crippen LogP contribution in [0.5, 0.6) is 0 Å². The van der Waals surface area contributed by atoms with Crippen LogP contribution in [0.25, 0.3) is 0 Å². The Bertz CT molecular complexity index is 701. The second kappa shape index (κ2) is 7.62. The van der Waals surface area contributed by atoms with Gasteiger partial charge < -0.3 is 5.32 Å². The number of nitrogens with zero attached hydrogens (tertiary/aromatic N) is 3. The van der Waals surface area contributed by atoms with Crippen LogP contribution in [-0.4, -0.2) is 34.7 Å². The predicted octanol–water partition coefficient (Wildman–Crippen LogP) is 2.75. The lowest BCUT2D eigenvalue weighted by Gasteiger charge is -2.24. The molecule has 1 aromatic carbocycles. The van der Waals surface area contributed by atoms with Gasteiger partial charge in [0.1, 0.15) is 6.04 Å². The van der Waals surface area contributed by atoms with Gasteiger partial charge in [0.2, 0.25) is 5.91 Å². The molecule has 0 aliphatic carbocycles. The summed E-state index contributed by atoms with van der Waals surface area (Å²) in [5.74, 6) is 0.00639. The Labute approximate surface area is 144 Å². The van der Waals surface area contributed by atoms with E-state index in [9.17, 15) is 4.79 Å². The fraction of sp³-hybridized carbons (Fsp3) is 0.474. The van der Waals surface area contributed by atoms with E-state index in [4.69, 9.17) is 0 Å². The molecule has 1 amide bonds. The summed E-state index contributed by atoms with van der Waals surface area (Å²) >= 11 is 0. The topological polar surface area (TPSA) is 50.2 Å². The Morgan fingerprint density at radius 3 is 2.33 bits per heavy atom. The highest BCUT2D eigenvalue weighted by molar-refractivity contribution is 5.83. The Morgan fingerprint density at radius 2 is 1.83 bits per heavy atom. The molecule has 0 aliphatic rings. The van der Waals surface area contributed by atoms with Crippen molar-refractivity contribution in [2.75, 3.05) is 14.1 Å². The molecule has 1 heterocycles. The third-order valence-electron chi connectivity index (χ3n) is 4.43. The maximum atomic E-state index is 12.8. The van der Waals surface area contributed by atoms with Gasteiger partial charge in [0.25, 0.3) is 0 Å². The number of amides is 1. The molecule has 1 N–H and O–H groups in total. The van der Waals surface area contributed by atoms with Gasteiger partial charge in [0.05, 0.1) is 5.69 Å². The first-order chi connectivity index (χ1) is 11.3. The van der Waals surface area contributed by atoms with E-state index in [1.165, 1.54) is 5.56 Å². The molecule has 0 unspecified atom stereocenters. The van der Waals surface area contributed by atoms with E-state index in [1.54, 1.807) is 0 Å². The molecule has 0 spiro atoms. The molecule has 5 heteroatoms. The molecule has 5 nitrogen and oxygen atoms in total. The molecule has 0 bridgehead atoms. The highest BCUT2D eigenvalue weighted by Gasteiger charge is 2.23. The fourth-order valence-corrected chi connectivity index (χ4v) is 3.00. The van der Waals surface area contributed by atoms with E-state index in [2.05, 4.69) is 17.3 Å². The highest BCUT2D eigenvalue weighted by atomic mass is 16.2. The summed E-state index contributed by atoms with van der Waals surface area (Å²) in [5, 5.41) is 7.59. The zero-order chi connectivity index (χ0) is 17.9. The molecule has 0 saturated carbocycles. The number of hydrogen-bond donors (Lipinski definition) is 1. The van der Waals surface area contributed by atoms with E-state index in [0.29, 0.717) is 6.54 Å². The summed E-state index contributed by atoms with van der Waals surface area (Å²) in [4.78, 5) is 14.7. The normalized spacial score (nSPS) is 12.5. The molecule has 2 rings (SSSR count). The quantitative estimate of drug-likeness (QED) is 0.887. The van der Waals surface area contributed by atoms with Crippen LogP contribution in [0.2, 0.25) is 0 Å². The van der Waals surface area contributed by atoms with E-state index < -0.39 is 0 Å². The molecule has 0 saturated heterocycles. The third kappa shape index (κ3) is 3.85. The Kier molecular flexibility index (Phi) is 5.78. The zero-order valence-electron chi connectivity index (χ0n) is 15.6. The van der Waals surface area contributed by atoms with Crippen molar-refractivity contribution in [3.63, 3.8) is 0 Å². The summed E-state index contributed by atoms with van der Waals surface area (Å²) in [7, 11) is 3.85. The number of hydrogen-bond acceptors (Lipinski definition) is 3. The van der Waals surface area contributed by atoms with Gasteiger partial charge in [-0.2, -0.15) is 5.10 Å². The minimum atomic E-state index is -0.299. The average molecular weight is 328 g/mol. The van der Waals surface area contributed by atoms with Crippen molar-refractivity contribution in [2.45, 2.75) is 46.8 Å². The molecule has 0 radical (unpaired) electrons. The van der Waals surface area contributed by atoms with Gasteiger partial charge >= 0.3 is 0 Å². The van der Waals surface area contributed by atoms with Crippen molar-refractivity contribution in [3.05, 3.63) is 52.3 Å². The fourth-order valence-electron chi connectivity index (χ4n) is 3.00. The zero-order valence-corrected chi connectivity index (χ0v) is 15.6. The van der Waals surface area contributed by atoms with Crippen molar-refractivity contribution < 1.29 is 4.79 Å². The summed E-state index contributed by atoms with van der Waals surface area (Å²) in [5.41, 5.74) is 5.39. The second-order valence-electron chi connectivity index (χ2n) is 6.46. The molecule has 2 aromatic rings. The molecule has 1 atom stereocenters. The Hall–Kier alpha value is -2.14. The second-order valence-corrected chi connectivity index (χ2v) is 6.46. The number of aromatic nitrogens is 2. The number of carbonyl (C=O) groups excluding carboxylic acids is 1. The highest BCUT2D eigenvalue weighted by Crippen LogP contribution is 2.20. The monoisotopic (exact) mass is 328 g/mol. The SMILES string of the molecule is CCn1nc(C)c(CNC(=O)[C@@H](c2ccc(C)cc2)N(C)C)c1C. The smallest absolute Gasteiger partial charge is 0.242 e. The van der Waals surface area contributed by atoms with Crippen LogP contribution in [0.1, 0.15) is 41.0 Å². The van der Waals surface area contributed by atoms with Gasteiger partial charge in [-0.1, -0.05) is 29.8 Å². The van der Waals surface area contributed by atoms with Crippen molar-refractivity contribution in [1.82, 2.24) is 20.0 Å². The van der Waals surface area contributed by atoms with Crippen LogP contribution in [-0.2, 0) is 17.9 Å². The summed E-state index contributed by atoms with van der Waals surface area (Å²) < 4.78 is 1.97. The van der Waals surface area contributed by atoms with Crippen LogP contribution in [0.3, 0.4) is 0 Å². The van der Waals surface area contributed by atoms with Crippen LogP contribution in [0.4, 0.5) is 0 Å². The molecule has 24 heavy (non-hydrogen) atoms. The number of aryl methyl sites for hydroxylation is 3. The summed E-state index contributed by atoms with van der Waals surface area (Å²) in [6, 6.07) is 7.82. The largest absolute Gasteiger partial charge is 0.350 e. The lowest BCUT2D eigenvalue weighted by Crippen LogP contribution is -2.36.